The van der Waals surface area contributed by atoms with E-state index in [1.165, 1.54) is 5.56 Å². The molecule has 0 heterocycles. The van der Waals surface area contributed by atoms with E-state index in [0.29, 0.717) is 13.2 Å². The minimum absolute atomic E-state index is 0.433. The van der Waals surface area contributed by atoms with Crippen molar-refractivity contribution < 1.29 is 9.47 Å². The molecule has 0 saturated carbocycles. The summed E-state index contributed by atoms with van der Waals surface area (Å²) in [5, 5.41) is 3.30. The molecule has 0 saturated heterocycles. The molecule has 1 rings (SSSR count). The third-order valence-corrected chi connectivity index (χ3v) is 3.65. The SMILES string of the molecule is C=C(Br)COc1c(Br)cc(CNCCOC)cc1Br. The molecule has 0 atom stereocenters. The van der Waals surface area contributed by atoms with Crippen LogP contribution in [0.1, 0.15) is 5.56 Å². The van der Waals surface area contributed by atoms with E-state index >= 15 is 0 Å². The van der Waals surface area contributed by atoms with Crippen molar-refractivity contribution >= 4 is 47.8 Å². The summed E-state index contributed by atoms with van der Waals surface area (Å²) < 4.78 is 13.3. The molecule has 6 heteroatoms. The van der Waals surface area contributed by atoms with Crippen LogP contribution in [0, 0.1) is 0 Å². The van der Waals surface area contributed by atoms with E-state index in [1.807, 2.05) is 12.1 Å². The largest absolute Gasteiger partial charge is 0.486 e. The Labute approximate surface area is 139 Å². The fourth-order valence-corrected chi connectivity index (χ4v) is 3.03. The van der Waals surface area contributed by atoms with E-state index in [0.717, 1.165) is 32.3 Å². The van der Waals surface area contributed by atoms with Gasteiger partial charge in [0, 0.05) is 24.7 Å². The Balaban J connectivity index is 2.65. The van der Waals surface area contributed by atoms with Crippen molar-refractivity contribution in [3.8, 4) is 5.75 Å². The molecule has 0 fully saturated rings. The molecule has 0 bridgehead atoms. The third-order valence-electron chi connectivity index (χ3n) is 2.24. The highest BCUT2D eigenvalue weighted by atomic mass is 79.9. The molecule has 0 unspecified atom stereocenters. The lowest BCUT2D eigenvalue weighted by atomic mass is 10.2. The summed E-state index contributed by atoms with van der Waals surface area (Å²) in [5.74, 6) is 0.779. The summed E-state index contributed by atoms with van der Waals surface area (Å²) in [5.41, 5.74) is 1.17. The van der Waals surface area contributed by atoms with Crippen LogP contribution in [0.2, 0.25) is 0 Å². The minimum atomic E-state index is 0.433. The van der Waals surface area contributed by atoms with E-state index in [1.54, 1.807) is 7.11 Å². The Hall–Kier alpha value is 0.120. The first-order chi connectivity index (χ1) is 9.04. The molecule has 1 N–H and O–H groups in total. The van der Waals surface area contributed by atoms with Gasteiger partial charge in [-0.05, 0) is 49.6 Å². The molecule has 0 aliphatic rings. The van der Waals surface area contributed by atoms with Crippen LogP contribution in [-0.2, 0) is 11.3 Å². The number of hydrogen-bond donors (Lipinski definition) is 1. The van der Waals surface area contributed by atoms with E-state index in [-0.39, 0.29) is 0 Å². The lowest BCUT2D eigenvalue weighted by molar-refractivity contribution is 0.199. The lowest BCUT2D eigenvalue weighted by Crippen LogP contribution is -2.18. The number of rotatable bonds is 8. The molecule has 3 nitrogen and oxygen atoms in total. The first kappa shape index (κ1) is 17.2. The van der Waals surface area contributed by atoms with Crippen molar-refractivity contribution in [2.24, 2.45) is 0 Å². The van der Waals surface area contributed by atoms with Gasteiger partial charge in [-0.15, -0.1) is 0 Å². The summed E-state index contributed by atoms with van der Waals surface area (Å²) in [6.45, 7) is 6.49. The predicted octanol–water partition coefficient (Wildman–Crippen LogP) is 4.24. The zero-order valence-electron chi connectivity index (χ0n) is 10.6. The van der Waals surface area contributed by atoms with Crippen LogP contribution in [0.15, 0.2) is 32.1 Å². The second-order valence-corrected chi connectivity index (χ2v) is 6.69. The topological polar surface area (TPSA) is 30.5 Å². The van der Waals surface area contributed by atoms with Crippen LogP contribution in [0.4, 0.5) is 0 Å². The fourth-order valence-electron chi connectivity index (χ4n) is 1.41. The maximum Gasteiger partial charge on any atom is 0.148 e. The van der Waals surface area contributed by atoms with E-state index in [2.05, 4.69) is 59.7 Å². The number of benzene rings is 1. The van der Waals surface area contributed by atoms with Crippen LogP contribution in [0.5, 0.6) is 5.75 Å². The summed E-state index contributed by atoms with van der Waals surface area (Å²) in [6.07, 6.45) is 0. The van der Waals surface area contributed by atoms with Crippen LogP contribution in [0.25, 0.3) is 0 Å². The summed E-state index contributed by atoms with van der Waals surface area (Å²) in [6, 6.07) is 4.08. The Kier molecular flexibility index (Phi) is 8.25. The fraction of sp³-hybridized carbons (Fsp3) is 0.385. The molecule has 0 aliphatic heterocycles. The molecule has 0 radical (unpaired) electrons. The monoisotopic (exact) mass is 455 g/mol. The second-order valence-electron chi connectivity index (χ2n) is 3.86. The molecule has 1 aromatic carbocycles. The highest BCUT2D eigenvalue weighted by molar-refractivity contribution is 9.11. The molecule has 19 heavy (non-hydrogen) atoms. The molecule has 0 amide bonds. The Morgan fingerprint density at radius 3 is 2.47 bits per heavy atom. The quantitative estimate of drug-likeness (QED) is 0.592. The van der Waals surface area contributed by atoms with Crippen molar-refractivity contribution in [2.45, 2.75) is 6.54 Å². The normalized spacial score (nSPS) is 10.5. The number of methoxy groups -OCH3 is 1. The zero-order chi connectivity index (χ0) is 14.3. The van der Waals surface area contributed by atoms with Crippen LogP contribution in [0.3, 0.4) is 0 Å². The van der Waals surface area contributed by atoms with Gasteiger partial charge in [-0.2, -0.15) is 0 Å². The van der Waals surface area contributed by atoms with Gasteiger partial charge in [-0.1, -0.05) is 22.5 Å². The van der Waals surface area contributed by atoms with Crippen molar-refractivity contribution in [1.29, 1.82) is 0 Å². The number of hydrogen-bond acceptors (Lipinski definition) is 3. The van der Waals surface area contributed by atoms with Gasteiger partial charge >= 0.3 is 0 Å². The standard InChI is InChI=1S/C13H16Br3NO2/c1-9(14)8-19-13-11(15)5-10(6-12(13)16)7-17-3-4-18-2/h5-6,17H,1,3-4,7-8H2,2H3. The minimum Gasteiger partial charge on any atom is -0.486 e. The molecule has 0 aliphatic carbocycles. The molecular weight excluding hydrogens is 442 g/mol. The summed E-state index contributed by atoms with van der Waals surface area (Å²) >= 11 is 10.3. The highest BCUT2D eigenvalue weighted by Crippen LogP contribution is 2.35. The van der Waals surface area contributed by atoms with Gasteiger partial charge in [-0.25, -0.2) is 0 Å². The summed E-state index contributed by atoms with van der Waals surface area (Å²) in [4.78, 5) is 0. The van der Waals surface area contributed by atoms with Gasteiger partial charge in [0.25, 0.3) is 0 Å². The predicted molar refractivity (Wildman–Crippen MR) is 89.0 cm³/mol. The van der Waals surface area contributed by atoms with Crippen molar-refractivity contribution in [1.82, 2.24) is 5.32 Å². The molecular formula is C13H16Br3NO2. The van der Waals surface area contributed by atoms with Crippen LogP contribution < -0.4 is 10.1 Å². The van der Waals surface area contributed by atoms with Gasteiger partial charge in [0.1, 0.15) is 12.4 Å². The van der Waals surface area contributed by atoms with Gasteiger partial charge in [0.15, 0.2) is 0 Å². The van der Waals surface area contributed by atoms with Crippen LogP contribution >= 0.6 is 47.8 Å². The maximum absolute atomic E-state index is 5.65. The van der Waals surface area contributed by atoms with Crippen molar-refractivity contribution in [3.63, 3.8) is 0 Å². The van der Waals surface area contributed by atoms with Crippen molar-refractivity contribution in [2.75, 3.05) is 26.9 Å². The third kappa shape index (κ3) is 6.40. The van der Waals surface area contributed by atoms with E-state index < -0.39 is 0 Å². The Morgan fingerprint density at radius 2 is 1.95 bits per heavy atom. The Morgan fingerprint density at radius 1 is 1.32 bits per heavy atom. The molecule has 106 valence electrons. The molecule has 1 aromatic rings. The average Bonchev–Trinajstić information content (AvgIpc) is 2.33. The van der Waals surface area contributed by atoms with E-state index in [9.17, 15) is 0 Å². The molecule has 0 spiro atoms. The van der Waals surface area contributed by atoms with Gasteiger partial charge < -0.3 is 14.8 Å². The number of ether oxygens (including phenoxy) is 2. The second kappa shape index (κ2) is 9.13. The van der Waals surface area contributed by atoms with Crippen molar-refractivity contribution in [3.05, 3.63) is 37.7 Å². The highest BCUT2D eigenvalue weighted by Gasteiger charge is 2.09. The number of nitrogens with one attached hydrogen (secondary N) is 1. The zero-order valence-corrected chi connectivity index (χ0v) is 15.4. The van der Waals surface area contributed by atoms with Crippen LogP contribution in [-0.4, -0.2) is 26.9 Å². The Bertz CT molecular complexity index is 415. The smallest absolute Gasteiger partial charge is 0.148 e. The maximum atomic E-state index is 5.65. The number of halogens is 3. The lowest BCUT2D eigenvalue weighted by Gasteiger charge is -2.12. The van der Waals surface area contributed by atoms with E-state index in [4.69, 9.17) is 9.47 Å². The van der Waals surface area contributed by atoms with Gasteiger partial charge in [0.2, 0.25) is 0 Å². The van der Waals surface area contributed by atoms with Gasteiger partial charge in [-0.3, -0.25) is 0 Å². The average molecular weight is 458 g/mol. The van der Waals surface area contributed by atoms with Gasteiger partial charge in [0.05, 0.1) is 15.6 Å². The first-order valence-electron chi connectivity index (χ1n) is 5.68. The molecule has 0 aromatic heterocycles. The summed E-state index contributed by atoms with van der Waals surface area (Å²) in [7, 11) is 1.69. The first-order valence-corrected chi connectivity index (χ1v) is 8.06.